The molecule has 2 heteroatoms. The summed E-state index contributed by atoms with van der Waals surface area (Å²) in [5.41, 5.74) is 7.03. The summed E-state index contributed by atoms with van der Waals surface area (Å²) in [7, 11) is 0. The predicted octanol–water partition coefficient (Wildman–Crippen LogP) is 10.4. The van der Waals surface area contributed by atoms with Crippen LogP contribution < -0.4 is 0 Å². The number of unbranched alkanes of at least 4 members (excludes halogenated alkanes) is 2. The van der Waals surface area contributed by atoms with Crippen LogP contribution in [0.2, 0.25) is 0 Å². The molecule has 0 heterocycles. The van der Waals surface area contributed by atoms with E-state index in [1.807, 2.05) is 24.3 Å². The molecule has 0 bridgehead atoms. The van der Waals surface area contributed by atoms with E-state index in [4.69, 9.17) is 11.7 Å². The van der Waals surface area contributed by atoms with E-state index in [0.717, 1.165) is 30.4 Å². The summed E-state index contributed by atoms with van der Waals surface area (Å²) >= 11 is 0. The first-order chi connectivity index (χ1) is 18.5. The normalized spacial score (nSPS) is 11.2. The number of hydrogen-bond acceptors (Lipinski definition) is 1. The van der Waals surface area contributed by atoms with Gasteiger partial charge in [-0.3, -0.25) is 0 Å². The molecule has 0 aliphatic heterocycles. The summed E-state index contributed by atoms with van der Waals surface area (Å²) in [4.78, 5) is 0. The van der Waals surface area contributed by atoms with Crippen molar-refractivity contribution in [2.45, 2.75) is 105 Å². The Morgan fingerprint density at radius 1 is 0.769 bits per heavy atom. The van der Waals surface area contributed by atoms with Crippen LogP contribution in [-0.2, 0) is 31.4 Å². The molecule has 0 aliphatic carbocycles. The summed E-state index contributed by atoms with van der Waals surface area (Å²) in [5.74, 6) is 3.74. The fourth-order valence-electron chi connectivity index (χ4n) is 3.89. The maximum atomic E-state index is 8.89. The Morgan fingerprint density at radius 2 is 1.36 bits per heavy atom. The van der Waals surface area contributed by atoms with Crippen LogP contribution in [0.3, 0.4) is 0 Å². The van der Waals surface area contributed by atoms with E-state index in [9.17, 15) is 0 Å². The van der Waals surface area contributed by atoms with Gasteiger partial charge in [0.2, 0.25) is 0 Å². The standard InChI is InChI=1S/C21H24N.C12H14.C4H10.V/c1-3-5-6-17-7-9-18(10-8-17)15-20(4-2)21-13-11-19(16-22)12-14-21;1-4-10(3)12-8-6-11(5-2)7-9-12;1-3-4-2;/h7-9,11-14,20H,3-6,15H2,1-2H3;2,6-10H,4H2,1,3H3;3-4H2,1-2H3;/q-1;;;/t20-;;;/m1.../s1. The Labute approximate surface area is 252 Å². The van der Waals surface area contributed by atoms with Gasteiger partial charge in [0.15, 0.2) is 0 Å². The second kappa shape index (κ2) is 22.1. The van der Waals surface area contributed by atoms with Crippen molar-refractivity contribution >= 4 is 0 Å². The van der Waals surface area contributed by atoms with E-state index >= 15 is 0 Å². The minimum absolute atomic E-state index is 0. The zero-order valence-corrected chi connectivity index (χ0v) is 26.5. The van der Waals surface area contributed by atoms with Crippen molar-refractivity contribution in [3.8, 4) is 18.4 Å². The van der Waals surface area contributed by atoms with Gasteiger partial charge in [-0.25, -0.2) is 0 Å². The van der Waals surface area contributed by atoms with Crippen molar-refractivity contribution in [1.82, 2.24) is 0 Å². The van der Waals surface area contributed by atoms with E-state index in [1.165, 1.54) is 54.4 Å². The molecule has 1 unspecified atom stereocenters. The fraction of sp³-hybridized carbons (Fsp3) is 0.432. The van der Waals surface area contributed by atoms with Crippen molar-refractivity contribution in [1.29, 1.82) is 5.26 Å². The molecular formula is C37H48NV-. The van der Waals surface area contributed by atoms with E-state index in [-0.39, 0.29) is 18.6 Å². The fourth-order valence-corrected chi connectivity index (χ4v) is 3.89. The topological polar surface area (TPSA) is 23.8 Å². The van der Waals surface area contributed by atoms with Gasteiger partial charge in [-0.05, 0) is 66.5 Å². The number of benzene rings is 3. The Balaban J connectivity index is 0.000000716. The van der Waals surface area contributed by atoms with Crippen LogP contribution in [0, 0.1) is 29.7 Å². The monoisotopic (exact) mass is 557 g/mol. The molecule has 0 spiro atoms. The zero-order chi connectivity index (χ0) is 28.2. The van der Waals surface area contributed by atoms with Crippen LogP contribution in [0.15, 0.2) is 66.7 Å². The van der Waals surface area contributed by atoms with E-state index in [2.05, 4.69) is 102 Å². The third-order valence-electron chi connectivity index (χ3n) is 6.99. The maximum Gasteiger partial charge on any atom is 0.0991 e. The first-order valence-electron chi connectivity index (χ1n) is 14.5. The molecule has 0 N–H and O–H groups in total. The van der Waals surface area contributed by atoms with Gasteiger partial charge < -0.3 is 0 Å². The second-order valence-corrected chi connectivity index (χ2v) is 9.94. The van der Waals surface area contributed by atoms with E-state index in [1.54, 1.807) is 0 Å². The van der Waals surface area contributed by atoms with Gasteiger partial charge in [-0.15, -0.1) is 6.42 Å². The maximum absolute atomic E-state index is 8.89. The molecule has 3 aromatic rings. The average Bonchev–Trinajstić information content (AvgIpc) is 2.99. The molecule has 1 nitrogen and oxygen atoms in total. The molecule has 0 amide bonds. The molecular weight excluding hydrogens is 509 g/mol. The minimum atomic E-state index is 0. The molecule has 3 aromatic carbocycles. The van der Waals surface area contributed by atoms with Gasteiger partial charge in [0.1, 0.15) is 0 Å². The largest absolute Gasteiger partial charge is 0.192 e. The third kappa shape index (κ3) is 14.3. The predicted molar refractivity (Wildman–Crippen MR) is 165 cm³/mol. The minimum Gasteiger partial charge on any atom is -0.192 e. The zero-order valence-electron chi connectivity index (χ0n) is 25.1. The van der Waals surface area contributed by atoms with Gasteiger partial charge in [0, 0.05) is 24.1 Å². The SMILES string of the molecule is C#Cc1ccc(C(C)CC)cc1.CCCC.CCCCc1c[c-]c(C[C@@H](CC)c2ccc(C#N)cc2)cc1.[V]. The van der Waals surface area contributed by atoms with Crippen LogP contribution in [-0.4, -0.2) is 0 Å². The van der Waals surface area contributed by atoms with E-state index < -0.39 is 0 Å². The van der Waals surface area contributed by atoms with Crippen LogP contribution in [0.1, 0.15) is 125 Å². The summed E-state index contributed by atoms with van der Waals surface area (Å²) in [5, 5.41) is 8.89. The third-order valence-corrected chi connectivity index (χ3v) is 6.99. The molecule has 0 aromatic heterocycles. The molecule has 0 aliphatic rings. The molecule has 0 saturated carbocycles. The Bertz CT molecular complexity index is 1080. The molecule has 0 fully saturated rings. The van der Waals surface area contributed by atoms with Crippen molar-refractivity contribution in [3.05, 3.63) is 106 Å². The molecule has 1 radical (unpaired) electrons. The van der Waals surface area contributed by atoms with E-state index in [0.29, 0.717) is 11.8 Å². The van der Waals surface area contributed by atoms with Gasteiger partial charge in [-0.2, -0.15) is 40.7 Å². The smallest absolute Gasteiger partial charge is 0.0991 e. The van der Waals surface area contributed by atoms with Gasteiger partial charge in [0.25, 0.3) is 0 Å². The Morgan fingerprint density at radius 3 is 1.79 bits per heavy atom. The number of rotatable bonds is 10. The summed E-state index contributed by atoms with van der Waals surface area (Å²) < 4.78 is 0. The Kier molecular flexibility index (Phi) is 20.6. The Hall–Kier alpha value is -2.71. The van der Waals surface area contributed by atoms with Crippen LogP contribution in [0.5, 0.6) is 0 Å². The number of hydrogen-bond donors (Lipinski definition) is 0. The molecule has 207 valence electrons. The van der Waals surface area contributed by atoms with Crippen molar-refractivity contribution in [2.24, 2.45) is 0 Å². The average molecular weight is 558 g/mol. The van der Waals surface area contributed by atoms with Crippen molar-refractivity contribution in [2.75, 3.05) is 0 Å². The van der Waals surface area contributed by atoms with Crippen molar-refractivity contribution in [3.63, 3.8) is 0 Å². The summed E-state index contributed by atoms with van der Waals surface area (Å²) in [6.07, 6.45) is 14.8. The van der Waals surface area contributed by atoms with Gasteiger partial charge in [0.05, 0.1) is 11.6 Å². The van der Waals surface area contributed by atoms with Crippen LogP contribution >= 0.6 is 0 Å². The first-order valence-corrected chi connectivity index (χ1v) is 14.5. The molecule has 0 saturated heterocycles. The quantitative estimate of drug-likeness (QED) is 0.180. The summed E-state index contributed by atoms with van der Waals surface area (Å²) in [6, 6.07) is 28.5. The molecule has 3 rings (SSSR count). The number of aryl methyl sites for hydroxylation is 1. The number of nitriles is 1. The van der Waals surface area contributed by atoms with Crippen LogP contribution in [0.4, 0.5) is 0 Å². The number of terminal acetylenes is 1. The van der Waals surface area contributed by atoms with Crippen LogP contribution in [0.25, 0.3) is 0 Å². The number of nitrogens with zero attached hydrogens (tertiary/aromatic N) is 1. The summed E-state index contributed by atoms with van der Waals surface area (Å²) in [6.45, 7) is 13.2. The molecule has 2 atom stereocenters. The second-order valence-electron chi connectivity index (χ2n) is 9.94. The first kappa shape index (κ1) is 36.3. The molecule has 39 heavy (non-hydrogen) atoms. The van der Waals surface area contributed by atoms with Gasteiger partial charge >= 0.3 is 0 Å². The van der Waals surface area contributed by atoms with Crippen molar-refractivity contribution < 1.29 is 18.6 Å². The van der Waals surface area contributed by atoms with Gasteiger partial charge in [-0.1, -0.05) is 104 Å².